The first-order valence-corrected chi connectivity index (χ1v) is 12.1. The molecule has 8 heteroatoms. The Bertz CT molecular complexity index is 1040. The molecule has 186 valence electrons. The van der Waals surface area contributed by atoms with Gasteiger partial charge in [0.25, 0.3) is 0 Å². The third-order valence-electron chi connectivity index (χ3n) is 6.66. The molecule has 1 fully saturated rings. The van der Waals surface area contributed by atoms with E-state index >= 15 is 0 Å². The van der Waals surface area contributed by atoms with E-state index in [4.69, 9.17) is 9.47 Å². The van der Waals surface area contributed by atoms with Gasteiger partial charge < -0.3 is 25.2 Å². The van der Waals surface area contributed by atoms with Gasteiger partial charge in [0.15, 0.2) is 6.10 Å². The van der Waals surface area contributed by atoms with Gasteiger partial charge in [-0.15, -0.1) is 0 Å². The first kappa shape index (κ1) is 24.7. The van der Waals surface area contributed by atoms with Crippen LogP contribution in [-0.4, -0.2) is 55.0 Å². The van der Waals surface area contributed by atoms with Crippen molar-refractivity contribution in [1.82, 2.24) is 10.6 Å². The van der Waals surface area contributed by atoms with E-state index in [1.165, 1.54) is 0 Å². The predicted octanol–water partition coefficient (Wildman–Crippen LogP) is 3.55. The molecule has 1 aliphatic carbocycles. The Morgan fingerprint density at radius 1 is 1.06 bits per heavy atom. The molecule has 2 aliphatic rings. The van der Waals surface area contributed by atoms with Crippen LogP contribution >= 0.6 is 0 Å². The van der Waals surface area contributed by atoms with Crippen molar-refractivity contribution in [3.8, 4) is 11.1 Å². The third-order valence-corrected chi connectivity index (χ3v) is 6.66. The number of nitrogens with one attached hydrogen (secondary N) is 2. The fraction of sp³-hybridized carbons (Fsp3) is 0.444. The Labute approximate surface area is 205 Å². The Balaban J connectivity index is 1.36. The molecular weight excluding hydrogens is 448 g/mol. The molecule has 1 aliphatic heterocycles. The molecule has 2 amide bonds. The number of hydrogen-bond donors (Lipinski definition) is 3. The standard InChI is InChI=1S/C27H32N2O6/c1-16(2)13-23(25(30)28-14-17-11-12-34-24(17)26(31)32)29-27(33)35-15-22-20-9-5-3-7-18(20)19-8-4-6-10-21(19)22/h3-10,16-17,22-24H,11-15H2,1-2H3,(H,28,30)(H,29,33)(H,31,32). The smallest absolute Gasteiger partial charge is 0.407 e. The van der Waals surface area contributed by atoms with Gasteiger partial charge in [-0.05, 0) is 41.0 Å². The van der Waals surface area contributed by atoms with Gasteiger partial charge in [-0.2, -0.15) is 0 Å². The Morgan fingerprint density at radius 2 is 1.69 bits per heavy atom. The number of carbonyl (C=O) groups is 3. The second kappa shape index (κ2) is 10.9. The van der Waals surface area contributed by atoms with Crippen LogP contribution < -0.4 is 10.6 Å². The molecule has 3 unspecified atom stereocenters. The molecule has 1 saturated heterocycles. The van der Waals surface area contributed by atoms with E-state index in [2.05, 4.69) is 22.8 Å². The number of alkyl carbamates (subject to hydrolysis) is 1. The number of carboxylic acids is 1. The number of aliphatic carboxylic acids is 1. The molecule has 0 saturated carbocycles. The van der Waals surface area contributed by atoms with Crippen molar-refractivity contribution in [2.24, 2.45) is 11.8 Å². The van der Waals surface area contributed by atoms with Crippen molar-refractivity contribution in [3.63, 3.8) is 0 Å². The molecule has 4 rings (SSSR count). The number of amides is 2. The van der Waals surface area contributed by atoms with E-state index in [-0.39, 0.29) is 36.8 Å². The summed E-state index contributed by atoms with van der Waals surface area (Å²) in [5, 5.41) is 14.8. The van der Waals surface area contributed by atoms with Crippen molar-refractivity contribution >= 4 is 18.0 Å². The SMILES string of the molecule is CC(C)CC(NC(=O)OCC1c2ccccc2-c2ccccc21)C(=O)NCC1CCOC1C(=O)O. The van der Waals surface area contributed by atoms with Crippen LogP contribution in [0.2, 0.25) is 0 Å². The Hall–Kier alpha value is -3.39. The highest BCUT2D eigenvalue weighted by Crippen LogP contribution is 2.44. The van der Waals surface area contributed by atoms with E-state index in [0.717, 1.165) is 22.3 Å². The lowest BCUT2D eigenvalue weighted by Crippen LogP contribution is -2.49. The topological polar surface area (TPSA) is 114 Å². The van der Waals surface area contributed by atoms with Crippen LogP contribution in [0.3, 0.4) is 0 Å². The monoisotopic (exact) mass is 480 g/mol. The van der Waals surface area contributed by atoms with Gasteiger partial charge in [-0.1, -0.05) is 62.4 Å². The number of benzene rings is 2. The highest BCUT2D eigenvalue weighted by molar-refractivity contribution is 5.86. The lowest BCUT2D eigenvalue weighted by molar-refractivity contribution is -0.149. The Morgan fingerprint density at radius 3 is 2.29 bits per heavy atom. The highest BCUT2D eigenvalue weighted by Gasteiger charge is 2.35. The van der Waals surface area contributed by atoms with E-state index in [9.17, 15) is 19.5 Å². The molecule has 0 bridgehead atoms. The second-order valence-electron chi connectivity index (χ2n) is 9.58. The summed E-state index contributed by atoms with van der Waals surface area (Å²) in [4.78, 5) is 36.9. The molecule has 0 aromatic heterocycles. The summed E-state index contributed by atoms with van der Waals surface area (Å²) in [5.74, 6) is -1.60. The average Bonchev–Trinajstić information content (AvgIpc) is 3.43. The minimum Gasteiger partial charge on any atom is -0.479 e. The maximum atomic E-state index is 12.9. The van der Waals surface area contributed by atoms with E-state index in [1.54, 1.807) is 0 Å². The quantitative estimate of drug-likeness (QED) is 0.506. The summed E-state index contributed by atoms with van der Waals surface area (Å²) in [6.07, 6.45) is -0.583. The van der Waals surface area contributed by atoms with Crippen LogP contribution in [0.25, 0.3) is 11.1 Å². The molecule has 0 radical (unpaired) electrons. The second-order valence-corrected chi connectivity index (χ2v) is 9.58. The number of ether oxygens (including phenoxy) is 2. The molecule has 1 heterocycles. The summed E-state index contributed by atoms with van der Waals surface area (Å²) in [5.41, 5.74) is 4.52. The summed E-state index contributed by atoms with van der Waals surface area (Å²) < 4.78 is 10.8. The zero-order chi connectivity index (χ0) is 24.9. The van der Waals surface area contributed by atoms with Gasteiger partial charge >= 0.3 is 12.1 Å². The van der Waals surface area contributed by atoms with Gasteiger partial charge in [0.2, 0.25) is 5.91 Å². The molecule has 2 aromatic rings. The lowest BCUT2D eigenvalue weighted by atomic mass is 9.98. The van der Waals surface area contributed by atoms with Crippen molar-refractivity contribution < 1.29 is 29.0 Å². The van der Waals surface area contributed by atoms with E-state index in [0.29, 0.717) is 19.4 Å². The van der Waals surface area contributed by atoms with E-state index < -0.39 is 24.2 Å². The summed E-state index contributed by atoms with van der Waals surface area (Å²) >= 11 is 0. The fourth-order valence-electron chi connectivity index (χ4n) is 4.96. The normalized spacial score (nSPS) is 19.6. The molecule has 3 N–H and O–H groups in total. The number of fused-ring (bicyclic) bond motifs is 3. The van der Waals surface area contributed by atoms with Crippen molar-refractivity contribution in [2.75, 3.05) is 19.8 Å². The van der Waals surface area contributed by atoms with Gasteiger partial charge in [-0.25, -0.2) is 9.59 Å². The molecule has 3 atom stereocenters. The number of carboxylic acid groups (broad SMARTS) is 1. The van der Waals surface area contributed by atoms with Crippen LogP contribution in [0.1, 0.15) is 43.7 Å². The zero-order valence-electron chi connectivity index (χ0n) is 20.0. The molecule has 2 aromatic carbocycles. The van der Waals surface area contributed by atoms with Crippen LogP contribution in [0, 0.1) is 11.8 Å². The average molecular weight is 481 g/mol. The highest BCUT2D eigenvalue weighted by atomic mass is 16.5. The zero-order valence-corrected chi connectivity index (χ0v) is 20.0. The van der Waals surface area contributed by atoms with Crippen molar-refractivity contribution in [1.29, 1.82) is 0 Å². The number of carbonyl (C=O) groups excluding carboxylic acids is 2. The van der Waals surface area contributed by atoms with Gasteiger partial charge in [0, 0.05) is 25.0 Å². The molecule has 0 spiro atoms. The lowest BCUT2D eigenvalue weighted by Gasteiger charge is -2.22. The fourth-order valence-corrected chi connectivity index (χ4v) is 4.96. The number of hydrogen-bond acceptors (Lipinski definition) is 5. The molecule has 8 nitrogen and oxygen atoms in total. The summed E-state index contributed by atoms with van der Waals surface area (Å²) in [6, 6.07) is 15.4. The maximum Gasteiger partial charge on any atom is 0.407 e. The van der Waals surface area contributed by atoms with Crippen molar-refractivity contribution in [3.05, 3.63) is 59.7 Å². The maximum absolute atomic E-state index is 12.9. The van der Waals surface area contributed by atoms with Crippen LogP contribution in [0.4, 0.5) is 4.79 Å². The first-order chi connectivity index (χ1) is 16.8. The van der Waals surface area contributed by atoms with Gasteiger partial charge in [0.05, 0.1) is 0 Å². The molecular formula is C27H32N2O6. The largest absolute Gasteiger partial charge is 0.479 e. The summed E-state index contributed by atoms with van der Waals surface area (Å²) in [7, 11) is 0. The number of rotatable bonds is 9. The minimum absolute atomic E-state index is 0.0687. The molecule has 35 heavy (non-hydrogen) atoms. The first-order valence-electron chi connectivity index (χ1n) is 12.1. The van der Waals surface area contributed by atoms with Gasteiger partial charge in [0.1, 0.15) is 12.6 Å². The van der Waals surface area contributed by atoms with Crippen LogP contribution in [0.15, 0.2) is 48.5 Å². The Kier molecular flexibility index (Phi) is 7.70. The summed E-state index contributed by atoms with van der Waals surface area (Å²) in [6.45, 7) is 4.62. The van der Waals surface area contributed by atoms with Crippen LogP contribution in [-0.2, 0) is 19.1 Å². The van der Waals surface area contributed by atoms with E-state index in [1.807, 2.05) is 50.2 Å². The predicted molar refractivity (Wildman–Crippen MR) is 130 cm³/mol. The minimum atomic E-state index is -1.03. The third kappa shape index (κ3) is 5.65. The van der Waals surface area contributed by atoms with Gasteiger partial charge in [-0.3, -0.25) is 4.79 Å². The van der Waals surface area contributed by atoms with Crippen molar-refractivity contribution in [2.45, 2.75) is 44.8 Å². The van der Waals surface area contributed by atoms with Crippen LogP contribution in [0.5, 0.6) is 0 Å².